The Labute approximate surface area is 151 Å². The summed E-state index contributed by atoms with van der Waals surface area (Å²) in [5, 5.41) is 11.4. The second-order valence-corrected chi connectivity index (χ2v) is 6.04. The van der Waals surface area contributed by atoms with Gasteiger partial charge in [-0.15, -0.1) is 0 Å². The number of nitro benzene ring substituents is 1. The number of anilines is 1. The van der Waals surface area contributed by atoms with E-state index in [2.05, 4.69) is 0 Å². The summed E-state index contributed by atoms with van der Waals surface area (Å²) < 4.78 is 10.5. The van der Waals surface area contributed by atoms with Crippen LogP contribution in [0.25, 0.3) is 0 Å². The lowest BCUT2D eigenvalue weighted by Gasteiger charge is -2.17. The number of nitrogens with zero attached hydrogens (tertiary/aromatic N) is 2. The lowest BCUT2D eigenvalue weighted by atomic mass is 10.1. The zero-order chi connectivity index (χ0) is 18.5. The second-order valence-electron chi connectivity index (χ2n) is 6.04. The highest BCUT2D eigenvalue weighted by Gasteiger charge is 2.24. The summed E-state index contributed by atoms with van der Waals surface area (Å²) in [4.78, 5) is 25.3. The molecule has 1 aliphatic heterocycles. The molecule has 2 aromatic carbocycles. The number of hydrogen-bond donors (Lipinski definition) is 0. The molecule has 1 heterocycles. The summed E-state index contributed by atoms with van der Waals surface area (Å²) in [6.45, 7) is 1.61. The molecule has 1 aliphatic rings. The van der Waals surface area contributed by atoms with Crippen LogP contribution in [0.2, 0.25) is 0 Å². The van der Waals surface area contributed by atoms with Crippen molar-refractivity contribution in [3.05, 3.63) is 63.7 Å². The minimum atomic E-state index is -0.605. The highest BCUT2D eigenvalue weighted by Crippen LogP contribution is 2.32. The molecule has 0 unspecified atom stereocenters. The summed E-state index contributed by atoms with van der Waals surface area (Å²) in [5.74, 6) is 0.0163. The van der Waals surface area contributed by atoms with E-state index in [-0.39, 0.29) is 17.9 Å². The van der Waals surface area contributed by atoms with Crippen LogP contribution in [0.3, 0.4) is 0 Å². The molecule has 26 heavy (non-hydrogen) atoms. The Morgan fingerprint density at radius 3 is 2.62 bits per heavy atom. The van der Waals surface area contributed by atoms with Gasteiger partial charge < -0.3 is 14.4 Å². The fraction of sp³-hybridized carbons (Fsp3) is 0.316. The summed E-state index contributed by atoms with van der Waals surface area (Å²) in [7, 11) is 1.54. The van der Waals surface area contributed by atoms with Crippen LogP contribution < -0.4 is 9.64 Å². The fourth-order valence-electron chi connectivity index (χ4n) is 3.07. The van der Waals surface area contributed by atoms with Gasteiger partial charge in [-0.05, 0) is 31.0 Å². The Bertz CT molecular complexity index is 815. The Hall–Kier alpha value is -3.09. The van der Waals surface area contributed by atoms with Crippen molar-refractivity contribution in [1.82, 2.24) is 0 Å². The molecule has 0 bridgehead atoms. The van der Waals surface area contributed by atoms with E-state index in [4.69, 9.17) is 9.47 Å². The monoisotopic (exact) mass is 356 g/mol. The third kappa shape index (κ3) is 3.77. The summed E-state index contributed by atoms with van der Waals surface area (Å²) in [6, 6.07) is 11.7. The third-order valence-corrected chi connectivity index (χ3v) is 4.41. The molecule has 0 aromatic heterocycles. The molecule has 0 N–H and O–H groups in total. The highest BCUT2D eigenvalue weighted by molar-refractivity contribution is 5.91. The van der Waals surface area contributed by atoms with Crippen molar-refractivity contribution in [3.8, 4) is 5.75 Å². The van der Waals surface area contributed by atoms with E-state index in [1.807, 2.05) is 17.0 Å². The average molecular weight is 356 g/mol. The summed E-state index contributed by atoms with van der Waals surface area (Å²) in [6.07, 6.45) is 2.03. The van der Waals surface area contributed by atoms with Gasteiger partial charge in [0.2, 0.25) is 0 Å². The van der Waals surface area contributed by atoms with Gasteiger partial charge in [-0.3, -0.25) is 10.1 Å². The molecule has 0 saturated carbocycles. The molecular weight excluding hydrogens is 336 g/mol. The zero-order valence-corrected chi connectivity index (χ0v) is 14.5. The molecule has 0 radical (unpaired) electrons. The number of hydrogen-bond acceptors (Lipinski definition) is 6. The number of carbonyl (C=O) groups excluding carboxylic acids is 1. The molecule has 7 heteroatoms. The maximum absolute atomic E-state index is 12.3. The van der Waals surface area contributed by atoms with Crippen molar-refractivity contribution in [2.75, 3.05) is 25.1 Å². The SMILES string of the molecule is COc1ccccc1COC(=O)c1ccc(N2CCCC2)c([N+](=O)[O-])c1. The van der Waals surface area contributed by atoms with Crippen molar-refractivity contribution >= 4 is 17.3 Å². The first kappa shape index (κ1) is 17.7. The topological polar surface area (TPSA) is 81.9 Å². The van der Waals surface area contributed by atoms with Crippen LogP contribution in [0.4, 0.5) is 11.4 Å². The maximum Gasteiger partial charge on any atom is 0.338 e. The first-order valence-corrected chi connectivity index (χ1v) is 8.42. The van der Waals surface area contributed by atoms with Crippen LogP contribution in [-0.2, 0) is 11.3 Å². The number of para-hydroxylation sites is 1. The Morgan fingerprint density at radius 2 is 1.92 bits per heavy atom. The Balaban J connectivity index is 1.77. The van der Waals surface area contributed by atoms with Gasteiger partial charge in [0.1, 0.15) is 18.0 Å². The number of benzene rings is 2. The van der Waals surface area contributed by atoms with Gasteiger partial charge >= 0.3 is 5.97 Å². The largest absolute Gasteiger partial charge is 0.496 e. The van der Waals surface area contributed by atoms with Gasteiger partial charge in [0.05, 0.1) is 17.6 Å². The van der Waals surface area contributed by atoms with Gasteiger partial charge in [0.25, 0.3) is 5.69 Å². The summed E-state index contributed by atoms with van der Waals surface area (Å²) >= 11 is 0. The quantitative estimate of drug-likeness (QED) is 0.447. The van der Waals surface area contributed by atoms with E-state index in [0.29, 0.717) is 11.4 Å². The van der Waals surface area contributed by atoms with Crippen LogP contribution in [0.1, 0.15) is 28.8 Å². The first-order valence-electron chi connectivity index (χ1n) is 8.42. The van der Waals surface area contributed by atoms with E-state index in [0.717, 1.165) is 31.5 Å². The number of ether oxygens (including phenoxy) is 2. The number of nitro groups is 1. The highest BCUT2D eigenvalue weighted by atomic mass is 16.6. The standard InChI is InChI=1S/C19H20N2O5/c1-25-18-7-3-2-6-15(18)13-26-19(22)14-8-9-16(17(12-14)21(23)24)20-10-4-5-11-20/h2-3,6-9,12H,4-5,10-11,13H2,1H3. The molecular formula is C19H20N2O5. The molecule has 1 fully saturated rings. The third-order valence-electron chi connectivity index (χ3n) is 4.41. The van der Waals surface area contributed by atoms with Crippen molar-refractivity contribution in [2.45, 2.75) is 19.4 Å². The number of rotatable bonds is 6. The molecule has 0 aliphatic carbocycles. The van der Waals surface area contributed by atoms with Crippen LogP contribution in [0.15, 0.2) is 42.5 Å². The Morgan fingerprint density at radius 1 is 1.19 bits per heavy atom. The number of methoxy groups -OCH3 is 1. The van der Waals surface area contributed by atoms with Crippen LogP contribution in [0.5, 0.6) is 5.75 Å². The molecule has 7 nitrogen and oxygen atoms in total. The van der Waals surface area contributed by atoms with Gasteiger partial charge in [0.15, 0.2) is 0 Å². The zero-order valence-electron chi connectivity index (χ0n) is 14.5. The van der Waals surface area contributed by atoms with E-state index < -0.39 is 10.9 Å². The second kappa shape index (κ2) is 7.86. The minimum absolute atomic E-state index is 0.0323. The number of esters is 1. The minimum Gasteiger partial charge on any atom is -0.496 e. The van der Waals surface area contributed by atoms with E-state index in [1.165, 1.54) is 6.07 Å². The average Bonchev–Trinajstić information content (AvgIpc) is 3.20. The first-order chi connectivity index (χ1) is 12.6. The van der Waals surface area contributed by atoms with Crippen molar-refractivity contribution in [1.29, 1.82) is 0 Å². The molecule has 0 atom stereocenters. The van der Waals surface area contributed by atoms with Crippen LogP contribution >= 0.6 is 0 Å². The Kier molecular flexibility index (Phi) is 5.36. The predicted molar refractivity (Wildman–Crippen MR) is 96.7 cm³/mol. The summed E-state index contributed by atoms with van der Waals surface area (Å²) in [5.41, 5.74) is 1.37. The lowest BCUT2D eigenvalue weighted by Crippen LogP contribution is -2.19. The molecule has 0 amide bonds. The van der Waals surface area contributed by atoms with Crippen molar-refractivity contribution in [3.63, 3.8) is 0 Å². The van der Waals surface area contributed by atoms with Gasteiger partial charge in [0, 0.05) is 24.7 Å². The van der Waals surface area contributed by atoms with Crippen LogP contribution in [-0.4, -0.2) is 31.1 Å². The van der Waals surface area contributed by atoms with E-state index in [1.54, 1.807) is 31.4 Å². The molecule has 2 aromatic rings. The smallest absolute Gasteiger partial charge is 0.338 e. The maximum atomic E-state index is 12.3. The van der Waals surface area contributed by atoms with Crippen LogP contribution in [0, 0.1) is 10.1 Å². The molecule has 3 rings (SSSR count). The lowest BCUT2D eigenvalue weighted by molar-refractivity contribution is -0.384. The molecule has 136 valence electrons. The number of carbonyl (C=O) groups is 1. The fourth-order valence-corrected chi connectivity index (χ4v) is 3.07. The predicted octanol–water partition coefficient (Wildman–Crippen LogP) is 3.56. The van der Waals surface area contributed by atoms with Gasteiger partial charge in [-0.25, -0.2) is 4.79 Å². The molecule has 0 spiro atoms. The van der Waals surface area contributed by atoms with E-state index in [9.17, 15) is 14.9 Å². The normalized spacial score (nSPS) is 13.5. The van der Waals surface area contributed by atoms with Gasteiger partial charge in [-0.2, -0.15) is 0 Å². The van der Waals surface area contributed by atoms with Crippen molar-refractivity contribution < 1.29 is 19.2 Å². The van der Waals surface area contributed by atoms with Crippen molar-refractivity contribution in [2.24, 2.45) is 0 Å². The van der Waals surface area contributed by atoms with Gasteiger partial charge in [-0.1, -0.05) is 18.2 Å². The molecule has 1 saturated heterocycles. The van der Waals surface area contributed by atoms with E-state index >= 15 is 0 Å².